The predicted molar refractivity (Wildman–Crippen MR) is 139 cm³/mol. The monoisotopic (exact) mass is 487 g/mol. The van der Waals surface area contributed by atoms with Gasteiger partial charge in [0.1, 0.15) is 17.2 Å². The molecule has 0 saturated heterocycles. The van der Waals surface area contributed by atoms with Crippen molar-refractivity contribution in [1.82, 2.24) is 5.32 Å². The molecule has 0 bridgehead atoms. The van der Waals surface area contributed by atoms with Gasteiger partial charge in [-0.3, -0.25) is 9.59 Å². The van der Waals surface area contributed by atoms with E-state index in [9.17, 15) is 19.1 Å². The number of benzene rings is 3. The van der Waals surface area contributed by atoms with Crippen molar-refractivity contribution in [3.05, 3.63) is 83.7 Å². The maximum absolute atomic E-state index is 13.5. The third-order valence-corrected chi connectivity index (χ3v) is 6.39. The van der Waals surface area contributed by atoms with Crippen LogP contribution < -0.4 is 5.32 Å². The highest BCUT2D eigenvalue weighted by molar-refractivity contribution is 6.12. The predicted octanol–water partition coefficient (Wildman–Crippen LogP) is 6.64. The summed E-state index contributed by atoms with van der Waals surface area (Å²) < 4.78 is 19.5. The average molecular weight is 488 g/mol. The van der Waals surface area contributed by atoms with Crippen LogP contribution in [0.4, 0.5) is 4.39 Å². The van der Waals surface area contributed by atoms with E-state index in [0.29, 0.717) is 39.8 Å². The first kappa shape index (κ1) is 25.3. The van der Waals surface area contributed by atoms with Crippen molar-refractivity contribution in [3.8, 4) is 22.5 Å². The molecular formula is C30H30FNO4. The van der Waals surface area contributed by atoms with E-state index in [2.05, 4.69) is 5.32 Å². The molecule has 1 amide bonds. The standard InChI is InChI=1S/C30H30FNO4/c1-5-24(34)27-23-16-20(11-14-25(23)36-28(27)18-9-12-22(31)13-10-18)19-7-6-8-21(15-19)29(35)32-26(17-33)30(2,3)4/h6-16,26,33H,5,17H2,1-4H3,(H,32,35)/t26-/m0/s1. The molecular weight excluding hydrogens is 457 g/mol. The Kier molecular flexibility index (Phi) is 7.09. The van der Waals surface area contributed by atoms with E-state index in [1.165, 1.54) is 12.1 Å². The Morgan fingerprint density at radius 2 is 1.64 bits per heavy atom. The van der Waals surface area contributed by atoms with Crippen molar-refractivity contribution in [2.75, 3.05) is 6.61 Å². The molecule has 4 aromatic rings. The van der Waals surface area contributed by atoms with Crippen molar-refractivity contribution in [3.63, 3.8) is 0 Å². The van der Waals surface area contributed by atoms with Crippen molar-refractivity contribution in [2.24, 2.45) is 5.41 Å². The molecule has 186 valence electrons. The molecule has 4 rings (SSSR count). The van der Waals surface area contributed by atoms with Crippen LogP contribution in [-0.4, -0.2) is 29.4 Å². The van der Waals surface area contributed by atoms with Crippen LogP contribution >= 0.6 is 0 Å². The highest BCUT2D eigenvalue weighted by atomic mass is 19.1. The van der Waals surface area contributed by atoms with Crippen LogP contribution in [0.1, 0.15) is 54.8 Å². The number of nitrogens with one attached hydrogen (secondary N) is 1. The van der Waals surface area contributed by atoms with Gasteiger partial charge in [0.15, 0.2) is 5.78 Å². The summed E-state index contributed by atoms with van der Waals surface area (Å²) in [7, 11) is 0. The molecule has 0 radical (unpaired) electrons. The van der Waals surface area contributed by atoms with Crippen LogP contribution in [0.5, 0.6) is 0 Å². The minimum atomic E-state index is -0.386. The van der Waals surface area contributed by atoms with Crippen molar-refractivity contribution in [1.29, 1.82) is 0 Å². The summed E-state index contributed by atoms with van der Waals surface area (Å²) in [5, 5.41) is 13.3. The molecule has 0 saturated carbocycles. The van der Waals surface area contributed by atoms with E-state index in [1.807, 2.05) is 39.0 Å². The number of aliphatic hydroxyl groups excluding tert-OH is 1. The Morgan fingerprint density at radius 1 is 0.972 bits per heavy atom. The fraction of sp³-hybridized carbons (Fsp3) is 0.267. The first-order valence-corrected chi connectivity index (χ1v) is 12.0. The number of ketones is 1. The molecule has 2 N–H and O–H groups in total. The smallest absolute Gasteiger partial charge is 0.251 e. The van der Waals surface area contributed by atoms with Gasteiger partial charge in [-0.25, -0.2) is 4.39 Å². The van der Waals surface area contributed by atoms with Gasteiger partial charge >= 0.3 is 0 Å². The third-order valence-electron chi connectivity index (χ3n) is 6.39. The maximum Gasteiger partial charge on any atom is 0.251 e. The highest BCUT2D eigenvalue weighted by Crippen LogP contribution is 2.37. The lowest BCUT2D eigenvalue weighted by atomic mass is 9.87. The molecule has 0 aliphatic rings. The van der Waals surface area contributed by atoms with Crippen molar-refractivity contribution < 1.29 is 23.5 Å². The largest absolute Gasteiger partial charge is 0.455 e. The summed E-state index contributed by atoms with van der Waals surface area (Å²) in [5.41, 5.74) is 3.45. The summed E-state index contributed by atoms with van der Waals surface area (Å²) in [6.45, 7) is 7.51. The van der Waals surface area contributed by atoms with Crippen LogP contribution in [0, 0.1) is 11.2 Å². The molecule has 0 aliphatic heterocycles. The lowest BCUT2D eigenvalue weighted by Crippen LogP contribution is -2.46. The number of halogens is 1. The number of aliphatic hydroxyl groups is 1. The van der Waals surface area contributed by atoms with Gasteiger partial charge in [-0.1, -0.05) is 45.9 Å². The fourth-order valence-corrected chi connectivity index (χ4v) is 4.15. The Morgan fingerprint density at radius 3 is 2.28 bits per heavy atom. The summed E-state index contributed by atoms with van der Waals surface area (Å²) in [6.07, 6.45) is 0.294. The molecule has 1 aromatic heterocycles. The summed E-state index contributed by atoms with van der Waals surface area (Å²) >= 11 is 0. The fourth-order valence-electron chi connectivity index (χ4n) is 4.15. The second kappa shape index (κ2) is 10.1. The molecule has 5 nitrogen and oxygen atoms in total. The number of rotatable bonds is 7. The second-order valence-corrected chi connectivity index (χ2v) is 9.96. The average Bonchev–Trinajstić information content (AvgIpc) is 3.25. The quantitative estimate of drug-likeness (QED) is 0.287. The van der Waals surface area contributed by atoms with Crippen LogP contribution in [0.3, 0.4) is 0 Å². The highest BCUT2D eigenvalue weighted by Gasteiger charge is 2.26. The Labute approximate surface area is 210 Å². The lowest BCUT2D eigenvalue weighted by Gasteiger charge is -2.29. The lowest BCUT2D eigenvalue weighted by molar-refractivity contribution is 0.0848. The molecule has 1 heterocycles. The number of fused-ring (bicyclic) bond motifs is 1. The molecule has 0 spiro atoms. The Balaban J connectivity index is 1.75. The molecule has 3 aromatic carbocycles. The Hall–Kier alpha value is -3.77. The zero-order chi connectivity index (χ0) is 26.0. The molecule has 0 unspecified atom stereocenters. The van der Waals surface area contributed by atoms with E-state index in [1.54, 1.807) is 43.3 Å². The molecule has 1 atom stereocenters. The van der Waals surface area contributed by atoms with Crippen LogP contribution in [0.2, 0.25) is 0 Å². The molecule has 6 heteroatoms. The zero-order valence-electron chi connectivity index (χ0n) is 20.9. The van der Waals surface area contributed by atoms with Gasteiger partial charge in [0, 0.05) is 22.9 Å². The SMILES string of the molecule is CCC(=O)c1c(-c2ccc(F)cc2)oc2ccc(-c3cccc(C(=O)N[C@@H](CO)C(C)(C)C)c3)cc12. The van der Waals surface area contributed by atoms with Gasteiger partial charge in [0.05, 0.1) is 18.2 Å². The number of amides is 1. The minimum Gasteiger partial charge on any atom is -0.455 e. The van der Waals surface area contributed by atoms with Gasteiger partial charge in [0.25, 0.3) is 5.91 Å². The summed E-state index contributed by atoms with van der Waals surface area (Å²) in [6, 6.07) is 18.3. The first-order valence-electron chi connectivity index (χ1n) is 12.0. The summed E-state index contributed by atoms with van der Waals surface area (Å²) in [4.78, 5) is 25.9. The number of hydrogen-bond donors (Lipinski definition) is 2. The number of furan rings is 1. The number of Topliss-reactive ketones (excluding diaryl/α,β-unsaturated/α-hetero) is 1. The molecule has 0 fully saturated rings. The normalized spacial score (nSPS) is 12.5. The van der Waals surface area contributed by atoms with Gasteiger partial charge in [-0.2, -0.15) is 0 Å². The van der Waals surface area contributed by atoms with Crippen LogP contribution in [-0.2, 0) is 0 Å². The number of hydrogen-bond acceptors (Lipinski definition) is 4. The first-order chi connectivity index (χ1) is 17.1. The Bertz CT molecular complexity index is 1410. The van der Waals surface area contributed by atoms with E-state index in [-0.39, 0.29) is 35.6 Å². The van der Waals surface area contributed by atoms with Crippen LogP contribution in [0.25, 0.3) is 33.4 Å². The van der Waals surface area contributed by atoms with Gasteiger partial charge in [-0.15, -0.1) is 0 Å². The zero-order valence-corrected chi connectivity index (χ0v) is 20.9. The number of carbonyl (C=O) groups is 2. The van der Waals surface area contributed by atoms with Crippen LogP contribution in [0.15, 0.2) is 71.1 Å². The minimum absolute atomic E-state index is 0.0735. The van der Waals surface area contributed by atoms with E-state index in [4.69, 9.17) is 4.42 Å². The van der Waals surface area contributed by atoms with Gasteiger partial charge < -0.3 is 14.8 Å². The third kappa shape index (κ3) is 5.09. The van der Waals surface area contributed by atoms with E-state index in [0.717, 1.165) is 11.1 Å². The topological polar surface area (TPSA) is 79.5 Å². The van der Waals surface area contributed by atoms with E-state index < -0.39 is 0 Å². The molecule has 0 aliphatic carbocycles. The maximum atomic E-state index is 13.5. The second-order valence-electron chi connectivity index (χ2n) is 9.96. The number of carbonyl (C=O) groups excluding carboxylic acids is 2. The van der Waals surface area contributed by atoms with Crippen molar-refractivity contribution in [2.45, 2.75) is 40.2 Å². The van der Waals surface area contributed by atoms with Gasteiger partial charge in [0.2, 0.25) is 0 Å². The van der Waals surface area contributed by atoms with Crippen molar-refractivity contribution >= 4 is 22.7 Å². The summed E-state index contributed by atoms with van der Waals surface area (Å²) in [5.74, 6) is -0.289. The molecule has 36 heavy (non-hydrogen) atoms. The van der Waals surface area contributed by atoms with E-state index >= 15 is 0 Å². The van der Waals surface area contributed by atoms with Gasteiger partial charge in [-0.05, 0) is 65.1 Å².